The molecule has 2 atom stereocenters. The minimum Gasteiger partial charge on any atom is -0.313 e. The Morgan fingerprint density at radius 2 is 1.82 bits per heavy atom. The smallest absolute Gasteiger partial charge is 0.0468 e. The van der Waals surface area contributed by atoms with Crippen LogP contribution >= 0.6 is 23.2 Å². The van der Waals surface area contributed by atoms with Gasteiger partial charge in [0.05, 0.1) is 0 Å². The molecule has 1 aromatic rings. The lowest BCUT2D eigenvalue weighted by Crippen LogP contribution is -2.19. The molecule has 0 spiro atoms. The van der Waals surface area contributed by atoms with E-state index < -0.39 is 0 Å². The van der Waals surface area contributed by atoms with Crippen molar-refractivity contribution in [3.8, 4) is 0 Å². The van der Waals surface area contributed by atoms with Crippen LogP contribution < -0.4 is 5.32 Å². The summed E-state index contributed by atoms with van der Waals surface area (Å²) in [7, 11) is 1.96. The predicted molar refractivity (Wildman–Crippen MR) is 77.0 cm³/mol. The van der Waals surface area contributed by atoms with E-state index >= 15 is 0 Å². The third-order valence-electron chi connectivity index (χ3n) is 3.12. The molecule has 0 aliphatic heterocycles. The third-order valence-corrected chi connectivity index (χ3v) is 3.78. The van der Waals surface area contributed by atoms with Crippen LogP contribution in [0.4, 0.5) is 0 Å². The van der Waals surface area contributed by atoms with Gasteiger partial charge in [-0.15, -0.1) is 0 Å². The number of rotatable bonds is 6. The van der Waals surface area contributed by atoms with Gasteiger partial charge in [0.2, 0.25) is 0 Å². The highest BCUT2D eigenvalue weighted by Gasteiger charge is 2.18. The number of benzene rings is 1. The Kier molecular flexibility index (Phi) is 6.32. The van der Waals surface area contributed by atoms with Crippen molar-refractivity contribution in [2.45, 2.75) is 39.2 Å². The van der Waals surface area contributed by atoms with E-state index in [0.717, 1.165) is 22.0 Å². The summed E-state index contributed by atoms with van der Waals surface area (Å²) in [5, 5.41) is 4.82. The van der Waals surface area contributed by atoms with Crippen molar-refractivity contribution in [2.24, 2.45) is 5.92 Å². The van der Waals surface area contributed by atoms with E-state index in [4.69, 9.17) is 23.2 Å². The monoisotopic (exact) mass is 273 g/mol. The zero-order chi connectivity index (χ0) is 12.8. The molecular formula is C14H21Cl2N. The van der Waals surface area contributed by atoms with E-state index in [1.54, 1.807) is 0 Å². The van der Waals surface area contributed by atoms with Gasteiger partial charge < -0.3 is 5.32 Å². The molecule has 0 fully saturated rings. The van der Waals surface area contributed by atoms with Crippen molar-refractivity contribution in [3.63, 3.8) is 0 Å². The highest BCUT2D eigenvalue weighted by Crippen LogP contribution is 2.34. The van der Waals surface area contributed by atoms with Crippen LogP contribution in [0.3, 0.4) is 0 Å². The molecule has 96 valence electrons. The van der Waals surface area contributed by atoms with Gasteiger partial charge in [-0.1, -0.05) is 56.0 Å². The molecule has 0 saturated carbocycles. The molecule has 0 aliphatic rings. The van der Waals surface area contributed by atoms with E-state index in [0.29, 0.717) is 5.92 Å². The van der Waals surface area contributed by atoms with E-state index in [9.17, 15) is 0 Å². The maximum atomic E-state index is 6.24. The first-order valence-electron chi connectivity index (χ1n) is 6.21. The molecule has 3 heteroatoms. The molecule has 0 aliphatic carbocycles. The quantitative estimate of drug-likeness (QED) is 0.762. The van der Waals surface area contributed by atoms with Crippen molar-refractivity contribution in [3.05, 3.63) is 33.8 Å². The van der Waals surface area contributed by atoms with Crippen LogP contribution in [0.5, 0.6) is 0 Å². The molecule has 1 N–H and O–H groups in total. The molecule has 2 unspecified atom stereocenters. The van der Waals surface area contributed by atoms with Crippen molar-refractivity contribution in [1.82, 2.24) is 5.32 Å². The normalized spacial score (nSPS) is 14.6. The highest BCUT2D eigenvalue weighted by molar-refractivity contribution is 6.36. The van der Waals surface area contributed by atoms with Crippen LogP contribution in [0.2, 0.25) is 10.0 Å². The Hall–Kier alpha value is -0.240. The van der Waals surface area contributed by atoms with Gasteiger partial charge in [0, 0.05) is 21.7 Å². The Balaban J connectivity index is 2.86. The lowest BCUT2D eigenvalue weighted by atomic mass is 9.93. The first-order chi connectivity index (χ1) is 8.10. The molecule has 0 bridgehead atoms. The fourth-order valence-electron chi connectivity index (χ4n) is 2.24. The largest absolute Gasteiger partial charge is 0.313 e. The molecule has 0 amide bonds. The summed E-state index contributed by atoms with van der Waals surface area (Å²) < 4.78 is 0. The minimum absolute atomic E-state index is 0.234. The third kappa shape index (κ3) is 4.17. The first kappa shape index (κ1) is 14.8. The Labute approximate surface area is 115 Å². The van der Waals surface area contributed by atoms with Crippen LogP contribution in [0.1, 0.15) is 44.7 Å². The molecule has 0 radical (unpaired) electrons. The second-order valence-electron chi connectivity index (χ2n) is 4.61. The summed E-state index contributed by atoms with van der Waals surface area (Å²) >= 11 is 12.5. The zero-order valence-electron chi connectivity index (χ0n) is 10.8. The average molecular weight is 274 g/mol. The Morgan fingerprint density at radius 1 is 1.24 bits per heavy atom. The molecule has 17 heavy (non-hydrogen) atoms. The van der Waals surface area contributed by atoms with Crippen LogP contribution in [-0.2, 0) is 0 Å². The van der Waals surface area contributed by atoms with Gasteiger partial charge in [-0.05, 0) is 31.5 Å². The van der Waals surface area contributed by atoms with Gasteiger partial charge in [-0.25, -0.2) is 0 Å². The topological polar surface area (TPSA) is 12.0 Å². The molecule has 1 nitrogen and oxygen atoms in total. The maximum Gasteiger partial charge on any atom is 0.0468 e. The number of nitrogens with one attached hydrogen (secondary N) is 1. The van der Waals surface area contributed by atoms with E-state index in [1.807, 2.05) is 25.2 Å². The molecule has 0 aromatic heterocycles. The second kappa shape index (κ2) is 7.25. The standard InChI is InChI=1S/C14H21Cl2N/c1-4-6-10(2)9-13(17-3)14-11(15)7-5-8-12(14)16/h5,7-8,10,13,17H,4,6,9H2,1-3H3. The maximum absolute atomic E-state index is 6.24. The molecule has 0 saturated heterocycles. The van der Waals surface area contributed by atoms with Crippen LogP contribution in [0, 0.1) is 5.92 Å². The van der Waals surface area contributed by atoms with Gasteiger partial charge in [0.15, 0.2) is 0 Å². The molecule has 1 rings (SSSR count). The van der Waals surface area contributed by atoms with E-state index in [1.165, 1.54) is 12.8 Å². The van der Waals surface area contributed by atoms with Gasteiger partial charge in [0.25, 0.3) is 0 Å². The zero-order valence-corrected chi connectivity index (χ0v) is 12.3. The number of hydrogen-bond donors (Lipinski definition) is 1. The van der Waals surface area contributed by atoms with Crippen molar-refractivity contribution >= 4 is 23.2 Å². The number of halogens is 2. The summed E-state index contributed by atoms with van der Waals surface area (Å²) in [4.78, 5) is 0. The number of hydrogen-bond acceptors (Lipinski definition) is 1. The fourth-order valence-corrected chi connectivity index (χ4v) is 2.90. The summed E-state index contributed by atoms with van der Waals surface area (Å²) in [5.41, 5.74) is 1.03. The Morgan fingerprint density at radius 3 is 2.29 bits per heavy atom. The fraction of sp³-hybridized carbons (Fsp3) is 0.571. The second-order valence-corrected chi connectivity index (χ2v) is 5.42. The summed E-state index contributed by atoms with van der Waals surface area (Å²) in [5.74, 6) is 0.671. The predicted octanol–water partition coefficient (Wildman–Crippen LogP) is 5.08. The van der Waals surface area contributed by atoms with E-state index in [-0.39, 0.29) is 6.04 Å². The highest BCUT2D eigenvalue weighted by atomic mass is 35.5. The van der Waals surface area contributed by atoms with Crippen molar-refractivity contribution in [2.75, 3.05) is 7.05 Å². The first-order valence-corrected chi connectivity index (χ1v) is 6.96. The lowest BCUT2D eigenvalue weighted by Gasteiger charge is -2.22. The molecular weight excluding hydrogens is 253 g/mol. The van der Waals surface area contributed by atoms with Crippen LogP contribution in [0.15, 0.2) is 18.2 Å². The molecule has 1 aromatic carbocycles. The summed E-state index contributed by atoms with van der Waals surface area (Å²) in [6.45, 7) is 4.49. The lowest BCUT2D eigenvalue weighted by molar-refractivity contribution is 0.407. The van der Waals surface area contributed by atoms with Gasteiger partial charge >= 0.3 is 0 Å². The molecule has 0 heterocycles. The van der Waals surface area contributed by atoms with Gasteiger partial charge in [-0.2, -0.15) is 0 Å². The van der Waals surface area contributed by atoms with Crippen LogP contribution in [0.25, 0.3) is 0 Å². The van der Waals surface area contributed by atoms with Gasteiger partial charge in [0.1, 0.15) is 0 Å². The summed E-state index contributed by atoms with van der Waals surface area (Å²) in [6.07, 6.45) is 3.52. The van der Waals surface area contributed by atoms with E-state index in [2.05, 4.69) is 19.2 Å². The Bertz CT molecular complexity index is 332. The van der Waals surface area contributed by atoms with Crippen molar-refractivity contribution < 1.29 is 0 Å². The SMILES string of the molecule is CCCC(C)CC(NC)c1c(Cl)cccc1Cl. The van der Waals surface area contributed by atoms with Crippen LogP contribution in [-0.4, -0.2) is 7.05 Å². The average Bonchev–Trinajstić information content (AvgIpc) is 2.27. The van der Waals surface area contributed by atoms with Gasteiger partial charge in [-0.3, -0.25) is 0 Å². The minimum atomic E-state index is 0.234. The summed E-state index contributed by atoms with van der Waals surface area (Å²) in [6, 6.07) is 5.92. The van der Waals surface area contributed by atoms with Crippen molar-refractivity contribution in [1.29, 1.82) is 0 Å².